The molecule has 0 saturated heterocycles. The lowest BCUT2D eigenvalue weighted by Crippen LogP contribution is -2.03. The molecule has 0 amide bonds. The molecule has 1 unspecified atom stereocenters. The summed E-state index contributed by atoms with van der Waals surface area (Å²) in [6.45, 7) is 4.63. The lowest BCUT2D eigenvalue weighted by molar-refractivity contribution is 0.303. The molecule has 0 N–H and O–H groups in total. The maximum Gasteiger partial charge on any atom is 0.122 e. The molecule has 0 heterocycles. The average molecular weight is 314 g/mol. The van der Waals surface area contributed by atoms with Crippen LogP contribution in [0.4, 0.5) is 0 Å². The van der Waals surface area contributed by atoms with Crippen molar-refractivity contribution < 1.29 is 4.74 Å². The maximum absolute atomic E-state index is 9.33. The van der Waals surface area contributed by atoms with Crippen molar-refractivity contribution in [3.8, 4) is 11.8 Å². The monoisotopic (exact) mass is 313 g/mol. The summed E-state index contributed by atoms with van der Waals surface area (Å²) in [5.74, 6) is 0.781. The van der Waals surface area contributed by atoms with Crippen LogP contribution < -0.4 is 4.74 Å². The molecule has 2 rings (SSSR count). The molecule has 0 saturated carbocycles. The first kappa shape index (κ1) is 16.4. The highest BCUT2D eigenvalue weighted by molar-refractivity contribution is 6.30. The largest absolute Gasteiger partial charge is 0.493 e. The van der Waals surface area contributed by atoms with Gasteiger partial charge in [-0.2, -0.15) is 5.26 Å². The molecule has 2 aromatic rings. The van der Waals surface area contributed by atoms with Crippen LogP contribution in [0.15, 0.2) is 42.5 Å². The van der Waals surface area contributed by atoms with Crippen molar-refractivity contribution in [3.05, 3.63) is 64.2 Å². The minimum Gasteiger partial charge on any atom is -0.493 e. The number of hydrogen-bond acceptors (Lipinski definition) is 2. The van der Waals surface area contributed by atoms with E-state index in [9.17, 15) is 5.26 Å². The molecule has 0 aliphatic carbocycles. The van der Waals surface area contributed by atoms with Gasteiger partial charge in [-0.3, -0.25) is 0 Å². The molecule has 2 aromatic carbocycles. The van der Waals surface area contributed by atoms with Gasteiger partial charge in [-0.15, -0.1) is 0 Å². The number of halogens is 1. The van der Waals surface area contributed by atoms with Crippen molar-refractivity contribution in [1.82, 2.24) is 0 Å². The van der Waals surface area contributed by atoms with Crippen LogP contribution in [0.25, 0.3) is 0 Å². The Morgan fingerprint density at radius 2 is 1.86 bits per heavy atom. The molecule has 0 spiro atoms. The van der Waals surface area contributed by atoms with E-state index < -0.39 is 0 Å². The fraction of sp³-hybridized carbons (Fsp3) is 0.316. The second-order valence-electron chi connectivity index (χ2n) is 5.49. The summed E-state index contributed by atoms with van der Waals surface area (Å²) in [4.78, 5) is 0. The molecular formula is C19H20ClNO. The SMILES string of the molecule is Cc1ccc(C(C#N)CCCOc2ccc(Cl)cc2C)cc1. The zero-order chi connectivity index (χ0) is 15.9. The van der Waals surface area contributed by atoms with Crippen LogP contribution in [-0.4, -0.2) is 6.61 Å². The van der Waals surface area contributed by atoms with Crippen molar-refractivity contribution in [2.75, 3.05) is 6.61 Å². The molecule has 3 heteroatoms. The normalized spacial score (nSPS) is 11.7. The molecular weight excluding hydrogens is 294 g/mol. The quantitative estimate of drug-likeness (QED) is 0.667. The highest BCUT2D eigenvalue weighted by atomic mass is 35.5. The van der Waals surface area contributed by atoms with E-state index in [0.29, 0.717) is 11.6 Å². The van der Waals surface area contributed by atoms with E-state index in [1.807, 2.05) is 56.3 Å². The maximum atomic E-state index is 9.33. The van der Waals surface area contributed by atoms with Crippen molar-refractivity contribution in [2.24, 2.45) is 0 Å². The minimum absolute atomic E-state index is 0.0736. The van der Waals surface area contributed by atoms with Crippen LogP contribution in [0.5, 0.6) is 5.75 Å². The summed E-state index contributed by atoms with van der Waals surface area (Å²) in [6, 6.07) is 16.2. The Kier molecular flexibility index (Phi) is 5.86. The molecule has 114 valence electrons. The average Bonchev–Trinajstić information content (AvgIpc) is 2.50. The van der Waals surface area contributed by atoms with Gasteiger partial charge < -0.3 is 4.74 Å². The van der Waals surface area contributed by atoms with Gasteiger partial charge in [0, 0.05) is 5.02 Å². The smallest absolute Gasteiger partial charge is 0.122 e. The van der Waals surface area contributed by atoms with E-state index in [1.54, 1.807) is 0 Å². The predicted octanol–water partition coefficient (Wildman–Crippen LogP) is 5.42. The number of nitrogens with zero attached hydrogens (tertiary/aromatic N) is 1. The first-order valence-electron chi connectivity index (χ1n) is 7.45. The molecule has 0 radical (unpaired) electrons. The third-order valence-corrected chi connectivity index (χ3v) is 3.90. The van der Waals surface area contributed by atoms with E-state index in [-0.39, 0.29) is 5.92 Å². The molecule has 22 heavy (non-hydrogen) atoms. The van der Waals surface area contributed by atoms with E-state index in [0.717, 1.165) is 29.7 Å². The number of benzene rings is 2. The highest BCUT2D eigenvalue weighted by Gasteiger charge is 2.10. The number of hydrogen-bond donors (Lipinski definition) is 0. The first-order chi connectivity index (χ1) is 10.6. The van der Waals surface area contributed by atoms with Gasteiger partial charge in [-0.25, -0.2) is 0 Å². The van der Waals surface area contributed by atoms with Crippen LogP contribution in [0.1, 0.15) is 35.4 Å². The number of ether oxygens (including phenoxy) is 1. The summed E-state index contributed by atoms with van der Waals surface area (Å²) >= 11 is 5.93. The van der Waals surface area contributed by atoms with E-state index >= 15 is 0 Å². The number of nitriles is 1. The lowest BCUT2D eigenvalue weighted by Gasteiger charge is -2.12. The fourth-order valence-corrected chi connectivity index (χ4v) is 2.58. The lowest BCUT2D eigenvalue weighted by atomic mass is 9.95. The summed E-state index contributed by atoms with van der Waals surface area (Å²) in [5.41, 5.74) is 3.32. The van der Waals surface area contributed by atoms with Crippen molar-refractivity contribution in [3.63, 3.8) is 0 Å². The molecule has 0 fully saturated rings. The standard InChI is InChI=1S/C19H20ClNO/c1-14-5-7-16(8-6-14)17(13-21)4-3-11-22-19-10-9-18(20)12-15(19)2/h5-10,12,17H,3-4,11H2,1-2H3. The third kappa shape index (κ3) is 4.51. The van der Waals surface area contributed by atoms with Crippen molar-refractivity contribution in [1.29, 1.82) is 5.26 Å². The second-order valence-corrected chi connectivity index (χ2v) is 5.93. The first-order valence-corrected chi connectivity index (χ1v) is 7.83. The zero-order valence-electron chi connectivity index (χ0n) is 13.0. The molecule has 0 aliphatic rings. The number of rotatable bonds is 6. The summed E-state index contributed by atoms with van der Waals surface area (Å²) in [5, 5.41) is 10.1. The Bertz CT molecular complexity index is 658. The molecule has 0 aromatic heterocycles. The molecule has 1 atom stereocenters. The van der Waals surface area contributed by atoms with E-state index in [2.05, 4.69) is 6.07 Å². The van der Waals surface area contributed by atoms with Gasteiger partial charge in [0.15, 0.2) is 0 Å². The zero-order valence-corrected chi connectivity index (χ0v) is 13.7. The van der Waals surface area contributed by atoms with E-state index in [4.69, 9.17) is 16.3 Å². The Morgan fingerprint density at radius 1 is 1.14 bits per heavy atom. The van der Waals surface area contributed by atoms with Crippen LogP contribution >= 0.6 is 11.6 Å². The van der Waals surface area contributed by atoms with Crippen molar-refractivity contribution >= 4 is 11.6 Å². The molecule has 0 aliphatic heterocycles. The third-order valence-electron chi connectivity index (χ3n) is 3.67. The van der Waals surface area contributed by atoms with Gasteiger partial charge in [-0.05, 0) is 56.0 Å². The summed E-state index contributed by atoms with van der Waals surface area (Å²) < 4.78 is 5.77. The van der Waals surface area contributed by atoms with Gasteiger partial charge in [0.05, 0.1) is 18.6 Å². The van der Waals surface area contributed by atoms with Gasteiger partial charge >= 0.3 is 0 Å². The Labute approximate surface area is 137 Å². The Balaban J connectivity index is 1.84. The summed E-state index contributed by atoms with van der Waals surface area (Å²) in [7, 11) is 0. The minimum atomic E-state index is -0.0736. The van der Waals surface area contributed by atoms with Gasteiger partial charge in [0.25, 0.3) is 0 Å². The van der Waals surface area contributed by atoms with Gasteiger partial charge in [-0.1, -0.05) is 41.4 Å². The Morgan fingerprint density at radius 3 is 2.50 bits per heavy atom. The van der Waals surface area contributed by atoms with Gasteiger partial charge in [0.1, 0.15) is 5.75 Å². The fourth-order valence-electron chi connectivity index (χ4n) is 2.35. The molecule has 0 bridgehead atoms. The second kappa shape index (κ2) is 7.87. The van der Waals surface area contributed by atoms with Crippen LogP contribution in [0.3, 0.4) is 0 Å². The predicted molar refractivity (Wildman–Crippen MR) is 90.5 cm³/mol. The Hall–Kier alpha value is -1.98. The topological polar surface area (TPSA) is 33.0 Å². The molecule has 2 nitrogen and oxygen atoms in total. The van der Waals surface area contributed by atoms with Crippen LogP contribution in [0, 0.1) is 25.2 Å². The van der Waals surface area contributed by atoms with Crippen LogP contribution in [-0.2, 0) is 0 Å². The van der Waals surface area contributed by atoms with Crippen molar-refractivity contribution in [2.45, 2.75) is 32.6 Å². The number of aryl methyl sites for hydroxylation is 2. The van der Waals surface area contributed by atoms with Crippen LogP contribution in [0.2, 0.25) is 5.02 Å². The summed E-state index contributed by atoms with van der Waals surface area (Å²) in [6.07, 6.45) is 1.64. The van der Waals surface area contributed by atoms with Gasteiger partial charge in [0.2, 0.25) is 0 Å². The van der Waals surface area contributed by atoms with E-state index in [1.165, 1.54) is 5.56 Å². The highest BCUT2D eigenvalue weighted by Crippen LogP contribution is 2.24.